The molecule has 1 atom stereocenters. The summed E-state index contributed by atoms with van der Waals surface area (Å²) in [6.07, 6.45) is 0.899. The molecule has 4 heteroatoms. The lowest BCUT2D eigenvalue weighted by atomic mass is 10.1. The summed E-state index contributed by atoms with van der Waals surface area (Å²) in [5.41, 5.74) is 1.36. The molecule has 19 heavy (non-hydrogen) atoms. The van der Waals surface area contributed by atoms with Gasteiger partial charge in [-0.25, -0.2) is 4.39 Å². The Morgan fingerprint density at radius 2 is 2.26 bits per heavy atom. The van der Waals surface area contributed by atoms with Crippen LogP contribution in [-0.4, -0.2) is 40.9 Å². The van der Waals surface area contributed by atoms with Gasteiger partial charge in [0.15, 0.2) is 0 Å². The van der Waals surface area contributed by atoms with Crippen molar-refractivity contribution in [2.75, 3.05) is 19.7 Å². The summed E-state index contributed by atoms with van der Waals surface area (Å²) in [5, 5.41) is 18.1. The fourth-order valence-corrected chi connectivity index (χ4v) is 2.19. The Hall–Kier alpha value is -1.41. The second-order valence-corrected chi connectivity index (χ2v) is 4.77. The first-order valence-electron chi connectivity index (χ1n) is 6.47. The minimum Gasteiger partial charge on any atom is -0.395 e. The van der Waals surface area contributed by atoms with E-state index in [1.165, 1.54) is 6.07 Å². The molecule has 0 aromatic heterocycles. The van der Waals surface area contributed by atoms with Crippen LogP contribution in [0.2, 0.25) is 0 Å². The van der Waals surface area contributed by atoms with Gasteiger partial charge in [0.05, 0.1) is 18.3 Å². The first-order valence-corrected chi connectivity index (χ1v) is 6.47. The van der Waals surface area contributed by atoms with E-state index in [4.69, 9.17) is 5.11 Å². The highest BCUT2D eigenvalue weighted by Gasteiger charge is 2.20. The second-order valence-electron chi connectivity index (χ2n) is 4.77. The molecule has 0 bridgehead atoms. The summed E-state index contributed by atoms with van der Waals surface area (Å²) < 4.78 is 13.6. The molecule has 0 aliphatic carbocycles. The smallest absolute Gasteiger partial charge is 0.138 e. The summed E-state index contributed by atoms with van der Waals surface area (Å²) in [7, 11) is 0. The van der Waals surface area contributed by atoms with Crippen LogP contribution in [0.15, 0.2) is 18.2 Å². The normalized spacial score (nSPS) is 19.2. The highest BCUT2D eigenvalue weighted by atomic mass is 19.1. The van der Waals surface area contributed by atoms with Crippen molar-refractivity contribution >= 4 is 0 Å². The van der Waals surface area contributed by atoms with Crippen LogP contribution in [0.25, 0.3) is 0 Å². The van der Waals surface area contributed by atoms with Gasteiger partial charge in [0.2, 0.25) is 0 Å². The van der Waals surface area contributed by atoms with Crippen LogP contribution >= 0.6 is 0 Å². The van der Waals surface area contributed by atoms with Gasteiger partial charge in [0.25, 0.3) is 0 Å². The van der Waals surface area contributed by atoms with Crippen LogP contribution in [0.3, 0.4) is 0 Å². The van der Waals surface area contributed by atoms with Crippen molar-refractivity contribution in [3.63, 3.8) is 0 Å². The van der Waals surface area contributed by atoms with Gasteiger partial charge < -0.3 is 10.2 Å². The number of nitrogens with zero attached hydrogens (tertiary/aromatic N) is 1. The Morgan fingerprint density at radius 3 is 2.95 bits per heavy atom. The number of aliphatic hydroxyl groups excluding tert-OH is 2. The van der Waals surface area contributed by atoms with E-state index in [1.807, 2.05) is 0 Å². The number of hydrogen-bond acceptors (Lipinski definition) is 3. The topological polar surface area (TPSA) is 43.7 Å². The van der Waals surface area contributed by atoms with E-state index in [0.717, 1.165) is 18.5 Å². The van der Waals surface area contributed by atoms with Gasteiger partial charge in [-0.1, -0.05) is 17.9 Å². The van der Waals surface area contributed by atoms with Crippen LogP contribution in [0.5, 0.6) is 0 Å². The van der Waals surface area contributed by atoms with Gasteiger partial charge >= 0.3 is 0 Å². The van der Waals surface area contributed by atoms with Crippen LogP contribution in [0.4, 0.5) is 4.39 Å². The van der Waals surface area contributed by atoms with Crippen molar-refractivity contribution in [3.8, 4) is 11.8 Å². The van der Waals surface area contributed by atoms with Crippen molar-refractivity contribution in [2.45, 2.75) is 25.5 Å². The molecule has 0 spiro atoms. The molecular weight excluding hydrogens is 245 g/mol. The summed E-state index contributed by atoms with van der Waals surface area (Å²) in [6.45, 7) is 2.22. The van der Waals surface area contributed by atoms with Gasteiger partial charge in [-0.3, -0.25) is 4.90 Å². The van der Waals surface area contributed by atoms with Crippen molar-refractivity contribution < 1.29 is 14.6 Å². The SMILES string of the molecule is OCCC#Cc1cc(CN2CCC(O)C2)ccc1F. The van der Waals surface area contributed by atoms with E-state index in [0.29, 0.717) is 25.1 Å². The molecule has 1 aliphatic rings. The molecule has 102 valence electrons. The Balaban J connectivity index is 2.06. The first kappa shape index (κ1) is 14.0. The molecule has 1 heterocycles. The fourth-order valence-electron chi connectivity index (χ4n) is 2.19. The molecular formula is C15H18FNO2. The average molecular weight is 263 g/mol. The van der Waals surface area contributed by atoms with Gasteiger partial charge in [-0.05, 0) is 24.1 Å². The van der Waals surface area contributed by atoms with Crippen LogP contribution in [0, 0.1) is 17.7 Å². The van der Waals surface area contributed by atoms with Gasteiger partial charge in [-0.15, -0.1) is 0 Å². The molecule has 3 nitrogen and oxygen atoms in total. The molecule has 2 rings (SSSR count). The fraction of sp³-hybridized carbons (Fsp3) is 0.467. The number of β-amino-alcohol motifs (C(OH)–C–C–N with tert-alkyl or cyclic N) is 1. The summed E-state index contributed by atoms with van der Waals surface area (Å²) >= 11 is 0. The monoisotopic (exact) mass is 263 g/mol. The first-order chi connectivity index (χ1) is 9.19. The number of aliphatic hydroxyl groups is 2. The zero-order chi connectivity index (χ0) is 13.7. The Kier molecular flexibility index (Phi) is 4.92. The third-order valence-electron chi connectivity index (χ3n) is 3.14. The molecule has 1 fully saturated rings. The minimum absolute atomic E-state index is 0.0139. The Bertz CT molecular complexity index is 493. The summed E-state index contributed by atoms with van der Waals surface area (Å²) in [5.74, 6) is 5.12. The number of likely N-dealkylation sites (tertiary alicyclic amines) is 1. The maximum atomic E-state index is 13.6. The standard InChI is InChI=1S/C15H18FNO2/c16-15-5-4-12(9-13(15)3-1-2-8-18)10-17-7-6-14(19)11-17/h4-5,9,14,18-19H,2,6-8,10-11H2. The molecule has 0 radical (unpaired) electrons. The third-order valence-corrected chi connectivity index (χ3v) is 3.14. The molecule has 1 aliphatic heterocycles. The number of hydrogen-bond donors (Lipinski definition) is 2. The Labute approximate surface area is 112 Å². The molecule has 0 saturated carbocycles. The quantitative estimate of drug-likeness (QED) is 0.803. The molecule has 1 aromatic carbocycles. The van der Waals surface area contributed by atoms with E-state index in [9.17, 15) is 9.50 Å². The Morgan fingerprint density at radius 1 is 1.42 bits per heavy atom. The van der Waals surface area contributed by atoms with E-state index < -0.39 is 0 Å². The molecule has 1 aromatic rings. The maximum Gasteiger partial charge on any atom is 0.138 e. The average Bonchev–Trinajstić information content (AvgIpc) is 2.79. The predicted molar refractivity (Wildman–Crippen MR) is 70.9 cm³/mol. The number of benzene rings is 1. The minimum atomic E-state index is -0.337. The lowest BCUT2D eigenvalue weighted by Gasteiger charge is -2.15. The molecule has 1 saturated heterocycles. The van der Waals surface area contributed by atoms with Crippen molar-refractivity contribution in [1.29, 1.82) is 0 Å². The molecule has 0 amide bonds. The number of rotatable bonds is 3. The second kappa shape index (κ2) is 6.67. The lowest BCUT2D eigenvalue weighted by Crippen LogP contribution is -2.21. The van der Waals surface area contributed by atoms with Crippen LogP contribution < -0.4 is 0 Å². The molecule has 2 N–H and O–H groups in total. The van der Waals surface area contributed by atoms with E-state index >= 15 is 0 Å². The predicted octanol–water partition coefficient (Wildman–Crippen LogP) is 1.13. The van der Waals surface area contributed by atoms with Crippen LogP contribution in [-0.2, 0) is 6.54 Å². The van der Waals surface area contributed by atoms with E-state index in [-0.39, 0.29) is 18.5 Å². The van der Waals surface area contributed by atoms with Gasteiger partial charge in [0, 0.05) is 26.1 Å². The largest absolute Gasteiger partial charge is 0.395 e. The lowest BCUT2D eigenvalue weighted by molar-refractivity contribution is 0.175. The highest BCUT2D eigenvalue weighted by Crippen LogP contribution is 2.15. The summed E-state index contributed by atoms with van der Waals surface area (Å²) in [4.78, 5) is 2.14. The van der Waals surface area contributed by atoms with E-state index in [2.05, 4.69) is 16.7 Å². The van der Waals surface area contributed by atoms with Gasteiger partial charge in [0.1, 0.15) is 5.82 Å². The molecule has 1 unspecified atom stereocenters. The van der Waals surface area contributed by atoms with Gasteiger partial charge in [-0.2, -0.15) is 0 Å². The third kappa shape index (κ3) is 4.03. The number of halogens is 1. The van der Waals surface area contributed by atoms with Crippen molar-refractivity contribution in [3.05, 3.63) is 35.1 Å². The zero-order valence-electron chi connectivity index (χ0n) is 10.8. The van der Waals surface area contributed by atoms with E-state index in [1.54, 1.807) is 12.1 Å². The summed E-state index contributed by atoms with van der Waals surface area (Å²) in [6, 6.07) is 4.91. The zero-order valence-corrected chi connectivity index (χ0v) is 10.8. The highest BCUT2D eigenvalue weighted by molar-refractivity contribution is 5.38. The van der Waals surface area contributed by atoms with Crippen molar-refractivity contribution in [2.24, 2.45) is 0 Å². The van der Waals surface area contributed by atoms with Crippen LogP contribution in [0.1, 0.15) is 24.0 Å². The van der Waals surface area contributed by atoms with Crippen molar-refractivity contribution in [1.82, 2.24) is 4.90 Å². The maximum absolute atomic E-state index is 13.6.